The molecule has 1 aliphatic rings. The van der Waals surface area contributed by atoms with Crippen LogP contribution < -0.4 is 0 Å². The quantitative estimate of drug-likeness (QED) is 0.718. The summed E-state index contributed by atoms with van der Waals surface area (Å²) in [6, 6.07) is 3.36. The Morgan fingerprint density at radius 1 is 1.56 bits per heavy atom. The molecular weight excluding hydrogens is 236 g/mol. The Morgan fingerprint density at radius 2 is 2.39 bits per heavy atom. The molecule has 0 atom stereocenters. The lowest BCUT2D eigenvalue weighted by molar-refractivity contribution is -0.143. The summed E-state index contributed by atoms with van der Waals surface area (Å²) >= 11 is 0. The van der Waals surface area contributed by atoms with E-state index in [9.17, 15) is 9.59 Å². The first-order valence-electron chi connectivity index (χ1n) is 5.59. The summed E-state index contributed by atoms with van der Waals surface area (Å²) in [6.45, 7) is 1.68. The summed E-state index contributed by atoms with van der Waals surface area (Å²) in [7, 11) is 1.32. The van der Waals surface area contributed by atoms with E-state index < -0.39 is 5.97 Å². The van der Waals surface area contributed by atoms with Crippen LogP contribution in [0.15, 0.2) is 18.3 Å². The monoisotopic (exact) mass is 250 g/mol. The molecule has 6 heteroatoms. The van der Waals surface area contributed by atoms with Gasteiger partial charge in [-0.1, -0.05) is 0 Å². The molecule has 18 heavy (non-hydrogen) atoms. The highest BCUT2D eigenvalue weighted by molar-refractivity contribution is 5.88. The number of morpholine rings is 1. The zero-order valence-corrected chi connectivity index (χ0v) is 10.1. The molecule has 0 aliphatic carbocycles. The summed E-state index contributed by atoms with van der Waals surface area (Å²) in [5, 5.41) is 0. The Bertz CT molecular complexity index is 444. The number of aromatic nitrogens is 1. The lowest BCUT2D eigenvalue weighted by Crippen LogP contribution is -2.41. The second kappa shape index (κ2) is 5.59. The highest BCUT2D eigenvalue weighted by atomic mass is 16.5. The molecule has 0 bridgehead atoms. The molecule has 1 aromatic heterocycles. The summed E-state index contributed by atoms with van der Waals surface area (Å²) in [6.07, 6.45) is 1.45. The van der Waals surface area contributed by atoms with Crippen LogP contribution in [0.5, 0.6) is 0 Å². The van der Waals surface area contributed by atoms with E-state index in [0.29, 0.717) is 25.3 Å². The molecule has 2 rings (SSSR count). The van der Waals surface area contributed by atoms with Gasteiger partial charge in [-0.25, -0.2) is 4.79 Å². The lowest BCUT2D eigenvalue weighted by Gasteiger charge is -2.26. The number of esters is 1. The molecule has 1 fully saturated rings. The first kappa shape index (κ1) is 12.5. The van der Waals surface area contributed by atoms with Gasteiger partial charge >= 0.3 is 5.97 Å². The van der Waals surface area contributed by atoms with E-state index in [-0.39, 0.29) is 12.5 Å². The Labute approximate surface area is 105 Å². The van der Waals surface area contributed by atoms with E-state index >= 15 is 0 Å². The van der Waals surface area contributed by atoms with Crippen molar-refractivity contribution in [1.82, 2.24) is 9.88 Å². The highest BCUT2D eigenvalue weighted by Crippen LogP contribution is 2.07. The molecule has 6 nitrogen and oxygen atoms in total. The van der Waals surface area contributed by atoms with Crippen LogP contribution >= 0.6 is 0 Å². The second-order valence-electron chi connectivity index (χ2n) is 3.90. The van der Waals surface area contributed by atoms with Crippen molar-refractivity contribution in [2.45, 2.75) is 6.54 Å². The van der Waals surface area contributed by atoms with Gasteiger partial charge in [0.1, 0.15) is 6.61 Å². The average Bonchev–Trinajstić information content (AvgIpc) is 2.41. The minimum absolute atomic E-state index is 0.0416. The SMILES string of the molecule is COC(=O)c1ccc(CN2CCOCC2=O)nc1. The van der Waals surface area contributed by atoms with E-state index in [2.05, 4.69) is 9.72 Å². The van der Waals surface area contributed by atoms with Crippen LogP contribution in [0.1, 0.15) is 16.1 Å². The number of ether oxygens (including phenoxy) is 2. The van der Waals surface area contributed by atoms with E-state index in [1.807, 2.05) is 0 Å². The molecule has 0 spiro atoms. The van der Waals surface area contributed by atoms with Crippen molar-refractivity contribution in [2.24, 2.45) is 0 Å². The molecule has 96 valence electrons. The van der Waals surface area contributed by atoms with Crippen molar-refractivity contribution in [3.63, 3.8) is 0 Å². The lowest BCUT2D eigenvalue weighted by atomic mass is 10.2. The molecule has 2 heterocycles. The third-order valence-corrected chi connectivity index (χ3v) is 2.68. The van der Waals surface area contributed by atoms with E-state index in [1.54, 1.807) is 17.0 Å². The molecule has 0 unspecified atom stereocenters. The van der Waals surface area contributed by atoms with Gasteiger partial charge in [0.15, 0.2) is 0 Å². The number of hydrogen-bond donors (Lipinski definition) is 0. The molecule has 0 N–H and O–H groups in total. The van der Waals surface area contributed by atoms with Crippen LogP contribution in [-0.2, 0) is 20.8 Å². The van der Waals surface area contributed by atoms with Crippen LogP contribution in [-0.4, -0.2) is 48.6 Å². The third kappa shape index (κ3) is 2.84. The van der Waals surface area contributed by atoms with Crippen LogP contribution in [0.3, 0.4) is 0 Å². The van der Waals surface area contributed by atoms with E-state index in [4.69, 9.17) is 4.74 Å². The topological polar surface area (TPSA) is 68.7 Å². The Balaban J connectivity index is 2.01. The zero-order valence-electron chi connectivity index (χ0n) is 10.1. The number of hydrogen-bond acceptors (Lipinski definition) is 5. The van der Waals surface area contributed by atoms with Crippen LogP contribution in [0, 0.1) is 0 Å². The van der Waals surface area contributed by atoms with Gasteiger partial charge < -0.3 is 14.4 Å². The highest BCUT2D eigenvalue weighted by Gasteiger charge is 2.19. The second-order valence-corrected chi connectivity index (χ2v) is 3.90. The fourth-order valence-electron chi connectivity index (χ4n) is 1.67. The number of carbonyl (C=O) groups is 2. The summed E-state index contributed by atoms with van der Waals surface area (Å²) in [5.41, 5.74) is 1.13. The molecule has 1 aliphatic heterocycles. The van der Waals surface area contributed by atoms with Crippen molar-refractivity contribution < 1.29 is 19.1 Å². The average molecular weight is 250 g/mol. The van der Waals surface area contributed by atoms with Gasteiger partial charge in [-0.15, -0.1) is 0 Å². The number of methoxy groups -OCH3 is 1. The number of pyridine rings is 1. The standard InChI is InChI=1S/C12H14N2O4/c1-17-12(16)9-2-3-10(13-6-9)7-14-4-5-18-8-11(14)15/h2-3,6H,4-5,7-8H2,1H3. The molecular formula is C12H14N2O4. The molecule has 1 amide bonds. The number of carbonyl (C=O) groups excluding carboxylic acids is 2. The zero-order chi connectivity index (χ0) is 13.0. The Kier molecular flexibility index (Phi) is 3.88. The smallest absolute Gasteiger partial charge is 0.339 e. The number of rotatable bonds is 3. The van der Waals surface area contributed by atoms with Gasteiger partial charge in [-0.05, 0) is 12.1 Å². The molecule has 1 saturated heterocycles. The largest absolute Gasteiger partial charge is 0.465 e. The first-order valence-corrected chi connectivity index (χ1v) is 5.59. The fraction of sp³-hybridized carbons (Fsp3) is 0.417. The summed E-state index contributed by atoms with van der Waals surface area (Å²) in [5.74, 6) is -0.461. The number of nitrogens with zero attached hydrogens (tertiary/aromatic N) is 2. The van der Waals surface area contributed by atoms with Gasteiger partial charge in [-0.2, -0.15) is 0 Å². The predicted molar refractivity (Wildman–Crippen MR) is 61.8 cm³/mol. The first-order chi connectivity index (χ1) is 8.70. The summed E-state index contributed by atoms with van der Waals surface area (Å²) in [4.78, 5) is 28.6. The van der Waals surface area contributed by atoms with Gasteiger partial charge in [0, 0.05) is 12.7 Å². The Morgan fingerprint density at radius 3 is 3.00 bits per heavy atom. The van der Waals surface area contributed by atoms with Crippen LogP contribution in [0.25, 0.3) is 0 Å². The normalized spacial score (nSPS) is 15.6. The van der Waals surface area contributed by atoms with Gasteiger partial charge in [-0.3, -0.25) is 9.78 Å². The fourth-order valence-corrected chi connectivity index (χ4v) is 1.67. The minimum Gasteiger partial charge on any atom is -0.465 e. The maximum atomic E-state index is 11.5. The van der Waals surface area contributed by atoms with Crippen molar-refractivity contribution in [2.75, 3.05) is 26.9 Å². The maximum Gasteiger partial charge on any atom is 0.339 e. The van der Waals surface area contributed by atoms with Gasteiger partial charge in [0.2, 0.25) is 5.91 Å². The molecule has 0 saturated carbocycles. The van der Waals surface area contributed by atoms with Gasteiger partial charge in [0.25, 0.3) is 0 Å². The minimum atomic E-state index is -0.420. The number of amides is 1. The van der Waals surface area contributed by atoms with Crippen molar-refractivity contribution in [1.29, 1.82) is 0 Å². The van der Waals surface area contributed by atoms with Crippen LogP contribution in [0.4, 0.5) is 0 Å². The summed E-state index contributed by atoms with van der Waals surface area (Å²) < 4.78 is 9.63. The van der Waals surface area contributed by atoms with Gasteiger partial charge in [0.05, 0.1) is 31.5 Å². The van der Waals surface area contributed by atoms with E-state index in [1.165, 1.54) is 13.3 Å². The predicted octanol–water partition coefficient (Wildman–Crippen LogP) is 0.227. The van der Waals surface area contributed by atoms with Crippen LogP contribution in [0.2, 0.25) is 0 Å². The molecule has 1 aromatic rings. The maximum absolute atomic E-state index is 11.5. The molecule has 0 aromatic carbocycles. The van der Waals surface area contributed by atoms with Crippen molar-refractivity contribution in [3.05, 3.63) is 29.6 Å². The Hall–Kier alpha value is -1.95. The molecule has 0 radical (unpaired) electrons. The van der Waals surface area contributed by atoms with Crippen molar-refractivity contribution in [3.8, 4) is 0 Å². The third-order valence-electron chi connectivity index (χ3n) is 2.68. The van der Waals surface area contributed by atoms with Crippen molar-refractivity contribution >= 4 is 11.9 Å². The van der Waals surface area contributed by atoms with E-state index in [0.717, 1.165) is 5.69 Å².